The van der Waals surface area contributed by atoms with E-state index in [-0.39, 0.29) is 29.0 Å². The molecule has 0 radical (unpaired) electrons. The first kappa shape index (κ1) is 36.6. The van der Waals surface area contributed by atoms with Gasteiger partial charge >= 0.3 is 6.03 Å². The summed E-state index contributed by atoms with van der Waals surface area (Å²) in [7, 11) is -3.35. The minimum atomic E-state index is -3.35. The summed E-state index contributed by atoms with van der Waals surface area (Å²) in [5.41, 5.74) is -1.80. The molecule has 5 fully saturated rings. The van der Waals surface area contributed by atoms with Gasteiger partial charge in [-0.15, -0.1) is 0 Å². The minimum Gasteiger partial charge on any atom is -0.347 e. The zero-order chi connectivity index (χ0) is 35.2. The number of carbonyl (C=O) groups is 5. The molecule has 5 amide bonds. The summed E-state index contributed by atoms with van der Waals surface area (Å²) < 4.78 is 26.1. The van der Waals surface area contributed by atoms with Crippen molar-refractivity contribution >= 4 is 39.4 Å². The molecule has 2 unspecified atom stereocenters. The molecule has 2 aliphatic heterocycles. The number of nitrogens with zero attached hydrogens (tertiary/aromatic N) is 1. The van der Waals surface area contributed by atoms with Crippen molar-refractivity contribution in [2.75, 3.05) is 12.3 Å². The fraction of sp³-hybridized carbons (Fsp3) is 0.857. The molecular formula is C35H57N5O7S. The van der Waals surface area contributed by atoms with E-state index in [1.54, 1.807) is 4.90 Å². The van der Waals surface area contributed by atoms with Crippen molar-refractivity contribution in [3.05, 3.63) is 0 Å². The molecule has 0 spiro atoms. The number of fused-ring (bicyclic) bond motifs is 1. The van der Waals surface area contributed by atoms with Crippen molar-refractivity contribution in [3.63, 3.8) is 0 Å². The Labute approximate surface area is 286 Å². The summed E-state index contributed by atoms with van der Waals surface area (Å²) in [6, 6.07) is -3.42. The molecule has 6 atom stereocenters. The Hall–Kier alpha value is -2.70. The number of rotatable bonds is 12. The van der Waals surface area contributed by atoms with E-state index in [9.17, 15) is 32.4 Å². The van der Waals surface area contributed by atoms with Crippen molar-refractivity contribution in [1.29, 1.82) is 0 Å². The van der Waals surface area contributed by atoms with Gasteiger partial charge in [-0.05, 0) is 67.6 Å². The van der Waals surface area contributed by atoms with Crippen molar-refractivity contribution < 1.29 is 32.4 Å². The highest BCUT2D eigenvalue weighted by Gasteiger charge is 2.70. The van der Waals surface area contributed by atoms with E-state index in [1.807, 2.05) is 27.7 Å². The van der Waals surface area contributed by atoms with Gasteiger partial charge in [-0.3, -0.25) is 19.2 Å². The SMILES string of the molecule is CCCCC(NC(=O)[C@@H]1[C@@H]2[C@H](CN1C(=O)[C@@H](NC(=O)NC1(C3CCCS3(=O)=O)CCCCC1)C(C)(C)C)C2(C)C)C(=O)C(=O)NC1CC1. The number of amides is 5. The lowest BCUT2D eigenvalue weighted by atomic mass is 9.78. The second-order valence-corrected chi connectivity index (χ2v) is 19.1. The number of ketones is 1. The monoisotopic (exact) mass is 691 g/mol. The summed E-state index contributed by atoms with van der Waals surface area (Å²) in [6.07, 6.45) is 8.28. The van der Waals surface area contributed by atoms with Crippen LogP contribution in [0.25, 0.3) is 0 Å². The average Bonchev–Trinajstić information content (AvgIpc) is 3.79. The highest BCUT2D eigenvalue weighted by Crippen LogP contribution is 2.65. The van der Waals surface area contributed by atoms with Crippen LogP contribution in [0.15, 0.2) is 0 Å². The first-order valence-electron chi connectivity index (χ1n) is 18.2. The van der Waals surface area contributed by atoms with Gasteiger partial charge in [0, 0.05) is 12.6 Å². The molecule has 4 N–H and O–H groups in total. The van der Waals surface area contributed by atoms with Crippen molar-refractivity contribution in [2.45, 2.75) is 154 Å². The van der Waals surface area contributed by atoms with Crippen molar-refractivity contribution in [2.24, 2.45) is 22.7 Å². The Kier molecular flexibility index (Phi) is 10.3. The molecule has 3 saturated carbocycles. The number of carbonyl (C=O) groups excluding carboxylic acids is 5. The zero-order valence-electron chi connectivity index (χ0n) is 29.7. The topological polar surface area (TPSA) is 171 Å². The first-order chi connectivity index (χ1) is 22.4. The number of Topliss-reactive ketones (excluding diaryl/α,β-unsaturated/α-hetero) is 1. The van der Waals surface area contributed by atoms with Crippen LogP contribution in [0.5, 0.6) is 0 Å². The third-order valence-electron chi connectivity index (χ3n) is 11.8. The van der Waals surface area contributed by atoms with Crippen molar-refractivity contribution in [1.82, 2.24) is 26.2 Å². The first-order valence-corrected chi connectivity index (χ1v) is 19.9. The largest absolute Gasteiger partial charge is 0.347 e. The number of nitrogens with one attached hydrogen (secondary N) is 4. The van der Waals surface area contributed by atoms with Crippen LogP contribution in [0.3, 0.4) is 0 Å². The molecule has 12 nitrogen and oxygen atoms in total. The van der Waals surface area contributed by atoms with Crippen LogP contribution in [0, 0.1) is 22.7 Å². The molecule has 5 rings (SSSR count). The summed E-state index contributed by atoms with van der Waals surface area (Å²) in [5, 5.41) is 10.9. The highest BCUT2D eigenvalue weighted by atomic mass is 32.2. The van der Waals surface area contributed by atoms with Crippen LogP contribution < -0.4 is 21.3 Å². The molecule has 2 heterocycles. The van der Waals surface area contributed by atoms with Gasteiger partial charge in [0.2, 0.25) is 17.6 Å². The van der Waals surface area contributed by atoms with Gasteiger partial charge < -0.3 is 26.2 Å². The number of piperidine rings is 1. The molecule has 0 aromatic rings. The van der Waals surface area contributed by atoms with E-state index in [0.717, 1.165) is 38.5 Å². The highest BCUT2D eigenvalue weighted by molar-refractivity contribution is 7.92. The molecule has 5 aliphatic rings. The molecule has 0 aromatic heterocycles. The molecule has 0 bridgehead atoms. The van der Waals surface area contributed by atoms with Gasteiger partial charge in [0.25, 0.3) is 5.91 Å². The Morgan fingerprint density at radius 1 is 0.938 bits per heavy atom. The van der Waals surface area contributed by atoms with E-state index in [4.69, 9.17) is 0 Å². The van der Waals surface area contributed by atoms with Crippen LogP contribution in [0.4, 0.5) is 4.79 Å². The van der Waals surface area contributed by atoms with Gasteiger partial charge in [-0.2, -0.15) is 0 Å². The number of likely N-dealkylation sites (tertiary alicyclic amines) is 1. The molecule has 270 valence electrons. The second-order valence-electron chi connectivity index (χ2n) is 16.8. The lowest BCUT2D eigenvalue weighted by Crippen LogP contribution is -2.65. The maximum absolute atomic E-state index is 14.5. The second kappa shape index (κ2) is 13.5. The molecular weight excluding hydrogens is 634 g/mol. The average molecular weight is 692 g/mol. The lowest BCUT2D eigenvalue weighted by molar-refractivity contribution is -0.145. The quantitative estimate of drug-likeness (QED) is 0.228. The fourth-order valence-corrected chi connectivity index (χ4v) is 11.1. The van der Waals surface area contributed by atoms with Crippen LogP contribution >= 0.6 is 0 Å². The minimum absolute atomic E-state index is 0.00883. The van der Waals surface area contributed by atoms with Gasteiger partial charge in [-0.1, -0.05) is 73.6 Å². The summed E-state index contributed by atoms with van der Waals surface area (Å²) in [5.74, 6) is -2.14. The van der Waals surface area contributed by atoms with E-state index in [1.165, 1.54) is 0 Å². The maximum Gasteiger partial charge on any atom is 0.315 e. The number of hydrogen-bond donors (Lipinski definition) is 4. The molecule has 2 saturated heterocycles. The lowest BCUT2D eigenvalue weighted by Gasteiger charge is -2.43. The molecule has 0 aromatic carbocycles. The third-order valence-corrected chi connectivity index (χ3v) is 14.2. The molecule has 3 aliphatic carbocycles. The predicted molar refractivity (Wildman–Crippen MR) is 181 cm³/mol. The van der Waals surface area contributed by atoms with Gasteiger partial charge in [0.1, 0.15) is 12.1 Å². The predicted octanol–water partition coefficient (Wildman–Crippen LogP) is 2.99. The van der Waals surface area contributed by atoms with Gasteiger partial charge in [0.05, 0.1) is 22.6 Å². The Balaban J connectivity index is 1.34. The summed E-state index contributed by atoms with van der Waals surface area (Å²) in [4.78, 5) is 69.7. The van der Waals surface area contributed by atoms with E-state index >= 15 is 0 Å². The van der Waals surface area contributed by atoms with Crippen LogP contribution in [0.1, 0.15) is 119 Å². The Morgan fingerprint density at radius 2 is 1.60 bits per heavy atom. The maximum atomic E-state index is 14.5. The number of sulfone groups is 1. The number of hydrogen-bond acceptors (Lipinski definition) is 7. The van der Waals surface area contributed by atoms with E-state index in [0.29, 0.717) is 45.1 Å². The summed E-state index contributed by atoms with van der Waals surface area (Å²) >= 11 is 0. The van der Waals surface area contributed by atoms with Crippen LogP contribution in [-0.2, 0) is 29.0 Å². The Bertz CT molecular complexity index is 1400. The number of urea groups is 1. The summed E-state index contributed by atoms with van der Waals surface area (Å²) in [6.45, 7) is 12.0. The zero-order valence-corrected chi connectivity index (χ0v) is 30.5. The third kappa shape index (κ3) is 7.40. The van der Waals surface area contributed by atoms with E-state index < -0.39 is 73.7 Å². The van der Waals surface area contributed by atoms with E-state index in [2.05, 4.69) is 35.1 Å². The molecule has 48 heavy (non-hydrogen) atoms. The standard InChI is InChI=1S/C35H57N5O7S/c1-7-8-13-23(27(41)30(43)36-21-15-16-21)37-29(42)26-25-22(34(25,5)6)20-40(26)31(44)28(33(2,3)4)38-32(45)39-35(17-10-9-11-18-35)24-14-12-19-48(24,46)47/h21-26,28H,7-20H2,1-6H3,(H,36,43)(H,37,42)(H2,38,39,45)/t22-,23?,24?,25-,26-,28+/m0/s1. The molecule has 13 heteroatoms. The van der Waals surface area contributed by atoms with Crippen molar-refractivity contribution in [3.8, 4) is 0 Å². The van der Waals surface area contributed by atoms with Crippen LogP contribution in [0.2, 0.25) is 0 Å². The Morgan fingerprint density at radius 3 is 2.17 bits per heavy atom. The smallest absolute Gasteiger partial charge is 0.315 e. The van der Waals surface area contributed by atoms with Gasteiger partial charge in [-0.25, -0.2) is 13.2 Å². The number of unbranched alkanes of at least 4 members (excludes halogenated alkanes) is 1. The fourth-order valence-electron chi connectivity index (χ4n) is 8.72. The normalized spacial score (nSPS) is 29.6. The van der Waals surface area contributed by atoms with Gasteiger partial charge in [0.15, 0.2) is 9.84 Å². The van der Waals surface area contributed by atoms with Crippen LogP contribution in [-0.4, -0.2) is 90.1 Å².